The van der Waals surface area contributed by atoms with Crippen molar-refractivity contribution in [3.8, 4) is 11.5 Å². The Morgan fingerprint density at radius 1 is 1.00 bits per heavy atom. The number of nitrogens with one attached hydrogen (secondary N) is 1. The highest BCUT2D eigenvalue weighted by Gasteiger charge is 2.27. The maximum atomic E-state index is 13.3. The third-order valence-electron chi connectivity index (χ3n) is 4.58. The Labute approximate surface area is 200 Å². The summed E-state index contributed by atoms with van der Waals surface area (Å²) in [4.78, 5) is 12.6. The monoisotopic (exact) mass is 505 g/mol. The van der Waals surface area contributed by atoms with Gasteiger partial charge in [0.2, 0.25) is 6.79 Å². The summed E-state index contributed by atoms with van der Waals surface area (Å²) in [6, 6.07) is 17.0. The van der Waals surface area contributed by atoms with Gasteiger partial charge in [-0.05, 0) is 66.2 Å². The molecule has 11 heteroatoms. The number of amides is 1. The highest BCUT2D eigenvalue weighted by molar-refractivity contribution is 7.92. The second-order valence-electron chi connectivity index (χ2n) is 6.85. The quantitative estimate of drug-likeness (QED) is 0.385. The van der Waals surface area contributed by atoms with Crippen molar-refractivity contribution in [2.45, 2.75) is 4.90 Å². The Morgan fingerprint density at radius 3 is 2.52 bits per heavy atom. The molecule has 0 bridgehead atoms. The van der Waals surface area contributed by atoms with Crippen LogP contribution in [0.4, 0.5) is 5.69 Å². The van der Waals surface area contributed by atoms with Gasteiger partial charge >= 0.3 is 0 Å². The second-order valence-corrected chi connectivity index (χ2v) is 9.59. The first-order valence-corrected chi connectivity index (χ1v) is 11.8. The summed E-state index contributed by atoms with van der Waals surface area (Å²) < 4.78 is 38.1. The fraction of sp³-hybridized carbons (Fsp3) is 0.0909. The fourth-order valence-corrected chi connectivity index (χ4v) is 4.74. The first-order valence-electron chi connectivity index (χ1n) is 9.58. The summed E-state index contributed by atoms with van der Waals surface area (Å²) in [6.07, 6.45) is 1.41. The van der Waals surface area contributed by atoms with Crippen LogP contribution in [-0.2, 0) is 14.8 Å². The molecule has 170 valence electrons. The maximum Gasteiger partial charge on any atom is 0.264 e. The highest BCUT2D eigenvalue weighted by atomic mass is 35.5. The molecule has 33 heavy (non-hydrogen) atoms. The maximum absolute atomic E-state index is 13.3. The van der Waals surface area contributed by atoms with Crippen LogP contribution in [0.3, 0.4) is 0 Å². The van der Waals surface area contributed by atoms with Crippen LogP contribution in [0.1, 0.15) is 5.56 Å². The van der Waals surface area contributed by atoms with E-state index in [-0.39, 0.29) is 17.4 Å². The normalized spacial score (nSPS) is 12.7. The minimum absolute atomic E-state index is 0.0245. The SMILES string of the molecule is O=C(CN(c1cccc(Cl)c1)S(=O)(=O)c1ccc(Cl)cc1)N/N=C\c1ccc2c(c1)OCO2. The molecule has 3 aromatic rings. The van der Waals surface area contributed by atoms with Gasteiger partial charge in [-0.3, -0.25) is 9.10 Å². The molecule has 0 aromatic heterocycles. The van der Waals surface area contributed by atoms with E-state index in [1.165, 1.54) is 36.5 Å². The third kappa shape index (κ3) is 5.39. The molecular weight excluding hydrogens is 489 g/mol. The number of carbonyl (C=O) groups excluding carboxylic acids is 1. The van der Waals surface area contributed by atoms with E-state index in [9.17, 15) is 13.2 Å². The number of hydrazone groups is 1. The van der Waals surface area contributed by atoms with E-state index in [1.807, 2.05) is 0 Å². The molecule has 1 aliphatic rings. The summed E-state index contributed by atoms with van der Waals surface area (Å²) in [5.74, 6) is 0.553. The molecule has 1 heterocycles. The van der Waals surface area contributed by atoms with Crippen molar-refractivity contribution >= 4 is 51.0 Å². The predicted molar refractivity (Wildman–Crippen MR) is 126 cm³/mol. The molecule has 0 spiro atoms. The van der Waals surface area contributed by atoms with E-state index in [2.05, 4.69) is 10.5 Å². The van der Waals surface area contributed by atoms with Crippen LogP contribution < -0.4 is 19.2 Å². The lowest BCUT2D eigenvalue weighted by Gasteiger charge is -2.23. The summed E-state index contributed by atoms with van der Waals surface area (Å²) in [5.41, 5.74) is 3.24. The minimum atomic E-state index is -4.09. The number of nitrogens with zero attached hydrogens (tertiary/aromatic N) is 2. The van der Waals surface area contributed by atoms with Gasteiger partial charge < -0.3 is 9.47 Å². The van der Waals surface area contributed by atoms with Crippen molar-refractivity contribution in [2.24, 2.45) is 5.10 Å². The number of benzene rings is 3. The molecule has 0 saturated carbocycles. The number of halogens is 2. The molecule has 0 saturated heterocycles. The Kier molecular flexibility index (Phi) is 6.73. The Hall–Kier alpha value is -3.27. The lowest BCUT2D eigenvalue weighted by Crippen LogP contribution is -2.39. The van der Waals surface area contributed by atoms with Crippen LogP contribution in [0.25, 0.3) is 0 Å². The van der Waals surface area contributed by atoms with Gasteiger partial charge in [-0.1, -0.05) is 29.3 Å². The minimum Gasteiger partial charge on any atom is -0.454 e. The van der Waals surface area contributed by atoms with E-state index in [0.29, 0.717) is 27.1 Å². The predicted octanol–water partition coefficient (Wildman–Crippen LogP) is 4.07. The average molecular weight is 506 g/mol. The zero-order valence-corrected chi connectivity index (χ0v) is 19.3. The van der Waals surface area contributed by atoms with Gasteiger partial charge in [0.05, 0.1) is 16.8 Å². The van der Waals surface area contributed by atoms with Crippen molar-refractivity contribution in [3.63, 3.8) is 0 Å². The van der Waals surface area contributed by atoms with Gasteiger partial charge in [0.1, 0.15) is 6.54 Å². The molecule has 0 radical (unpaired) electrons. The summed E-state index contributed by atoms with van der Waals surface area (Å²) in [6.45, 7) is -0.377. The van der Waals surface area contributed by atoms with Gasteiger partial charge in [-0.25, -0.2) is 13.8 Å². The molecule has 0 fully saturated rings. The number of fused-ring (bicyclic) bond motifs is 1. The van der Waals surface area contributed by atoms with Crippen LogP contribution in [0.5, 0.6) is 11.5 Å². The fourth-order valence-electron chi connectivity index (χ4n) is 3.02. The molecule has 1 N–H and O–H groups in total. The van der Waals surface area contributed by atoms with Gasteiger partial charge in [-0.2, -0.15) is 5.10 Å². The number of sulfonamides is 1. The van der Waals surface area contributed by atoms with Gasteiger partial charge in [0, 0.05) is 10.0 Å². The van der Waals surface area contributed by atoms with Crippen molar-refractivity contribution in [2.75, 3.05) is 17.6 Å². The van der Waals surface area contributed by atoms with E-state index in [4.69, 9.17) is 32.7 Å². The molecule has 4 rings (SSSR count). The standard InChI is InChI=1S/C22H17Cl2N3O5S/c23-16-5-7-19(8-6-16)33(29,30)27(18-3-1-2-17(24)11-18)13-22(28)26-25-12-15-4-9-20-21(10-15)32-14-31-20/h1-12H,13-14H2,(H,26,28)/b25-12-. The Bertz CT molecular complexity index is 1310. The number of anilines is 1. The molecule has 1 amide bonds. The topological polar surface area (TPSA) is 97.3 Å². The number of hydrogen-bond acceptors (Lipinski definition) is 6. The third-order valence-corrected chi connectivity index (χ3v) is 6.86. The zero-order valence-electron chi connectivity index (χ0n) is 16.9. The number of carbonyl (C=O) groups is 1. The molecule has 0 atom stereocenters. The van der Waals surface area contributed by atoms with Crippen molar-refractivity contribution in [1.82, 2.24) is 5.43 Å². The van der Waals surface area contributed by atoms with Crippen LogP contribution in [0.2, 0.25) is 10.0 Å². The number of hydrogen-bond donors (Lipinski definition) is 1. The Balaban J connectivity index is 1.53. The van der Waals surface area contributed by atoms with Gasteiger partial charge in [0.25, 0.3) is 15.9 Å². The first-order chi connectivity index (χ1) is 15.8. The average Bonchev–Trinajstić information content (AvgIpc) is 3.25. The first kappa shape index (κ1) is 22.9. The van der Waals surface area contributed by atoms with E-state index < -0.39 is 22.5 Å². The van der Waals surface area contributed by atoms with Crippen molar-refractivity contribution in [3.05, 3.63) is 82.3 Å². The van der Waals surface area contributed by atoms with Crippen molar-refractivity contribution in [1.29, 1.82) is 0 Å². The number of ether oxygens (including phenoxy) is 2. The smallest absolute Gasteiger partial charge is 0.264 e. The lowest BCUT2D eigenvalue weighted by atomic mass is 10.2. The zero-order chi connectivity index (χ0) is 23.4. The molecule has 3 aromatic carbocycles. The van der Waals surface area contributed by atoms with Gasteiger partial charge in [0.15, 0.2) is 11.5 Å². The summed E-state index contributed by atoms with van der Waals surface area (Å²) in [7, 11) is -4.09. The largest absolute Gasteiger partial charge is 0.454 e. The second kappa shape index (κ2) is 9.70. The molecular formula is C22H17Cl2N3O5S. The van der Waals surface area contributed by atoms with Crippen LogP contribution in [-0.4, -0.2) is 33.9 Å². The van der Waals surface area contributed by atoms with E-state index in [0.717, 1.165) is 4.31 Å². The molecule has 0 aliphatic carbocycles. The van der Waals surface area contributed by atoms with Crippen LogP contribution >= 0.6 is 23.2 Å². The highest BCUT2D eigenvalue weighted by Crippen LogP contribution is 2.32. The lowest BCUT2D eigenvalue weighted by molar-refractivity contribution is -0.119. The number of rotatable bonds is 7. The van der Waals surface area contributed by atoms with E-state index in [1.54, 1.807) is 36.4 Å². The summed E-state index contributed by atoms with van der Waals surface area (Å²) >= 11 is 11.9. The van der Waals surface area contributed by atoms with Crippen LogP contribution in [0, 0.1) is 0 Å². The van der Waals surface area contributed by atoms with Crippen LogP contribution in [0.15, 0.2) is 76.7 Å². The van der Waals surface area contributed by atoms with Gasteiger partial charge in [-0.15, -0.1) is 0 Å². The van der Waals surface area contributed by atoms with Crippen molar-refractivity contribution < 1.29 is 22.7 Å². The molecule has 0 unspecified atom stereocenters. The van der Waals surface area contributed by atoms with E-state index >= 15 is 0 Å². The molecule has 1 aliphatic heterocycles. The summed E-state index contributed by atoms with van der Waals surface area (Å²) in [5, 5.41) is 4.62. The Morgan fingerprint density at radius 2 is 1.76 bits per heavy atom. The molecule has 8 nitrogen and oxygen atoms in total.